The van der Waals surface area contributed by atoms with Crippen LogP contribution >= 0.6 is 11.3 Å². The zero-order chi connectivity index (χ0) is 16.7. The molecule has 1 aliphatic rings. The lowest BCUT2D eigenvalue weighted by Crippen LogP contribution is -2.37. The van der Waals surface area contributed by atoms with Crippen LogP contribution in [0.4, 0.5) is 4.39 Å². The number of allylic oxidation sites excluding steroid dienone is 1. The number of likely N-dealkylation sites (tertiary alicyclic amines) is 1. The number of hydrogen-bond donors (Lipinski definition) is 2. The smallest absolute Gasteiger partial charge is 0.251 e. The second-order valence-electron chi connectivity index (χ2n) is 5.54. The number of rotatable bonds is 6. The highest BCUT2D eigenvalue weighted by Crippen LogP contribution is 2.22. The fraction of sp³-hybridized carbons (Fsp3) is 0.353. The van der Waals surface area contributed by atoms with E-state index in [1.807, 2.05) is 6.08 Å². The average molecular weight is 335 g/mol. The van der Waals surface area contributed by atoms with Crippen LogP contribution in [0.2, 0.25) is 0 Å². The molecule has 0 bridgehead atoms. The third kappa shape index (κ3) is 5.33. The molecule has 3 N–H and O–H groups in total. The summed E-state index contributed by atoms with van der Waals surface area (Å²) in [6.07, 6.45) is 8.65. The number of halogens is 1. The van der Waals surface area contributed by atoms with Crippen LogP contribution in [0.1, 0.15) is 17.7 Å². The Bertz CT molecular complexity index is 601. The van der Waals surface area contributed by atoms with E-state index in [1.54, 1.807) is 5.38 Å². The number of hydrogen-bond acceptors (Lipinski definition) is 4. The number of nitrogens with zero attached hydrogens (tertiary/aromatic N) is 1. The molecule has 4 nitrogen and oxygen atoms in total. The number of carbonyl (C=O) groups is 1. The van der Waals surface area contributed by atoms with Gasteiger partial charge in [-0.05, 0) is 49.4 Å². The van der Waals surface area contributed by atoms with Gasteiger partial charge in [0.15, 0.2) is 0 Å². The summed E-state index contributed by atoms with van der Waals surface area (Å²) in [6, 6.07) is 1.49. The van der Waals surface area contributed by atoms with Crippen molar-refractivity contribution in [3.05, 3.63) is 52.8 Å². The molecule has 1 aromatic heterocycles. The largest absolute Gasteiger partial charge is 0.403 e. The Morgan fingerprint density at radius 2 is 2.26 bits per heavy atom. The summed E-state index contributed by atoms with van der Waals surface area (Å²) in [5.41, 5.74) is 5.71. The monoisotopic (exact) mass is 335 g/mol. The van der Waals surface area contributed by atoms with Crippen LogP contribution in [0.25, 0.3) is 6.08 Å². The van der Waals surface area contributed by atoms with Crippen molar-refractivity contribution >= 4 is 23.3 Å². The number of carbonyl (C=O) groups excluding carboxylic acids is 1. The van der Waals surface area contributed by atoms with Gasteiger partial charge in [0.25, 0.3) is 5.91 Å². The molecule has 1 aliphatic heterocycles. The summed E-state index contributed by atoms with van der Waals surface area (Å²) in [6.45, 7) is 6.18. The van der Waals surface area contributed by atoms with Crippen molar-refractivity contribution in [3.63, 3.8) is 0 Å². The summed E-state index contributed by atoms with van der Waals surface area (Å²) in [4.78, 5) is 14.6. The van der Waals surface area contributed by atoms with Gasteiger partial charge in [0.2, 0.25) is 0 Å². The van der Waals surface area contributed by atoms with Crippen molar-refractivity contribution < 1.29 is 9.18 Å². The van der Waals surface area contributed by atoms with E-state index in [0.717, 1.165) is 25.9 Å². The minimum atomic E-state index is -0.207. The highest BCUT2D eigenvalue weighted by Gasteiger charge is 2.19. The molecule has 1 fully saturated rings. The summed E-state index contributed by atoms with van der Waals surface area (Å²) >= 11 is 1.41. The van der Waals surface area contributed by atoms with Gasteiger partial charge in [-0.3, -0.25) is 9.69 Å². The second kappa shape index (κ2) is 8.64. The highest BCUT2D eigenvalue weighted by molar-refractivity contribution is 7.10. The number of nitrogens with one attached hydrogen (secondary N) is 1. The maximum Gasteiger partial charge on any atom is 0.251 e. The van der Waals surface area contributed by atoms with Crippen molar-refractivity contribution in [2.75, 3.05) is 19.6 Å². The molecule has 6 heteroatoms. The van der Waals surface area contributed by atoms with E-state index in [4.69, 9.17) is 5.73 Å². The van der Waals surface area contributed by atoms with E-state index < -0.39 is 0 Å². The molecule has 0 aliphatic carbocycles. The highest BCUT2D eigenvalue weighted by atomic mass is 32.1. The zero-order valence-corrected chi connectivity index (χ0v) is 13.8. The van der Waals surface area contributed by atoms with Gasteiger partial charge in [0, 0.05) is 24.5 Å². The Morgan fingerprint density at radius 3 is 2.87 bits per heavy atom. The predicted molar refractivity (Wildman–Crippen MR) is 93.1 cm³/mol. The van der Waals surface area contributed by atoms with Crippen LogP contribution in [0.3, 0.4) is 0 Å². The van der Waals surface area contributed by atoms with Crippen LogP contribution in [0.5, 0.6) is 0 Å². The molecular formula is C17H22FN3OS. The molecule has 124 valence electrons. The lowest BCUT2D eigenvalue weighted by molar-refractivity contribution is -0.116. The second-order valence-corrected chi connectivity index (χ2v) is 6.49. The van der Waals surface area contributed by atoms with Crippen molar-refractivity contribution in [3.8, 4) is 0 Å². The minimum absolute atomic E-state index is 0.155. The molecule has 0 atom stereocenters. The Hall–Kier alpha value is -1.92. The maximum absolute atomic E-state index is 13.4. The number of nitrogens with two attached hydrogens (primary N) is 1. The first-order valence-corrected chi connectivity index (χ1v) is 8.47. The maximum atomic E-state index is 13.4. The fourth-order valence-electron chi connectivity index (χ4n) is 2.52. The first kappa shape index (κ1) is 17.4. The Kier molecular flexibility index (Phi) is 6.55. The summed E-state index contributed by atoms with van der Waals surface area (Å²) in [5.74, 6) is 0.0921. The van der Waals surface area contributed by atoms with E-state index in [9.17, 15) is 9.18 Å². The SMILES string of the molecule is C=C(CN1CCC(/C=C/c2sccc2F)CC1)C(=O)N/C=C\N. The van der Waals surface area contributed by atoms with Gasteiger partial charge in [0.1, 0.15) is 5.82 Å². The van der Waals surface area contributed by atoms with Gasteiger partial charge < -0.3 is 11.1 Å². The Balaban J connectivity index is 1.75. The lowest BCUT2D eigenvalue weighted by Gasteiger charge is -2.30. The van der Waals surface area contributed by atoms with E-state index in [0.29, 0.717) is 22.9 Å². The molecule has 23 heavy (non-hydrogen) atoms. The first-order chi connectivity index (χ1) is 11.1. The Labute approximate surface area is 140 Å². The van der Waals surface area contributed by atoms with Gasteiger partial charge in [0.05, 0.1) is 4.88 Å². The topological polar surface area (TPSA) is 58.4 Å². The molecule has 0 radical (unpaired) electrons. The van der Waals surface area contributed by atoms with E-state index in [2.05, 4.69) is 22.9 Å². The minimum Gasteiger partial charge on any atom is -0.403 e. The van der Waals surface area contributed by atoms with Crippen molar-refractivity contribution in [1.82, 2.24) is 10.2 Å². The fourth-order valence-corrected chi connectivity index (χ4v) is 3.19. The molecule has 1 amide bonds. The normalized spacial score (nSPS) is 17.1. The third-order valence-electron chi connectivity index (χ3n) is 3.84. The van der Waals surface area contributed by atoms with Gasteiger partial charge in [-0.25, -0.2) is 4.39 Å². The molecular weight excluding hydrogens is 313 g/mol. The van der Waals surface area contributed by atoms with Gasteiger partial charge in [-0.2, -0.15) is 0 Å². The number of piperidine rings is 1. The average Bonchev–Trinajstić information content (AvgIpc) is 2.97. The zero-order valence-electron chi connectivity index (χ0n) is 13.0. The number of thiophene rings is 1. The quantitative estimate of drug-likeness (QED) is 0.786. The van der Waals surface area contributed by atoms with E-state index in [1.165, 1.54) is 29.8 Å². The molecule has 0 saturated carbocycles. The van der Waals surface area contributed by atoms with Gasteiger partial charge in [-0.1, -0.05) is 12.7 Å². The molecule has 1 saturated heterocycles. The third-order valence-corrected chi connectivity index (χ3v) is 4.70. The van der Waals surface area contributed by atoms with Crippen LogP contribution in [-0.2, 0) is 4.79 Å². The summed E-state index contributed by atoms with van der Waals surface area (Å²) in [7, 11) is 0. The van der Waals surface area contributed by atoms with Gasteiger partial charge >= 0.3 is 0 Å². The molecule has 0 unspecified atom stereocenters. The van der Waals surface area contributed by atoms with Gasteiger partial charge in [-0.15, -0.1) is 11.3 Å². The van der Waals surface area contributed by atoms with Crippen molar-refractivity contribution in [2.24, 2.45) is 11.7 Å². The molecule has 2 heterocycles. The van der Waals surface area contributed by atoms with Crippen molar-refractivity contribution in [1.29, 1.82) is 0 Å². The molecule has 2 rings (SSSR count). The summed E-state index contributed by atoms with van der Waals surface area (Å²) in [5, 5.41) is 4.31. The van der Waals surface area contributed by atoms with Crippen molar-refractivity contribution in [2.45, 2.75) is 12.8 Å². The summed E-state index contributed by atoms with van der Waals surface area (Å²) < 4.78 is 13.4. The first-order valence-electron chi connectivity index (χ1n) is 7.59. The molecule has 0 aromatic carbocycles. The Morgan fingerprint density at radius 1 is 1.52 bits per heavy atom. The standard InChI is InChI=1S/C17H22FN3OS/c1-13(17(22)20-8-7-19)12-21-9-4-14(5-10-21)2-3-16-15(18)6-11-23-16/h2-3,6-8,11,14H,1,4-5,9-10,12,19H2,(H,20,22)/b3-2+,8-7-. The lowest BCUT2D eigenvalue weighted by atomic mass is 9.96. The molecule has 1 aromatic rings. The van der Waals surface area contributed by atoms with E-state index >= 15 is 0 Å². The van der Waals surface area contributed by atoms with Crippen LogP contribution in [0, 0.1) is 11.7 Å². The predicted octanol–water partition coefficient (Wildman–Crippen LogP) is 2.71. The van der Waals surface area contributed by atoms with E-state index in [-0.39, 0.29) is 11.7 Å². The number of amides is 1. The van der Waals surface area contributed by atoms with Crippen LogP contribution < -0.4 is 11.1 Å². The molecule has 0 spiro atoms. The van der Waals surface area contributed by atoms with Crippen LogP contribution in [-0.4, -0.2) is 30.4 Å². The van der Waals surface area contributed by atoms with Crippen LogP contribution in [0.15, 0.2) is 42.1 Å².